The van der Waals surface area contributed by atoms with Gasteiger partial charge in [0.05, 0.1) is 0 Å². The quantitative estimate of drug-likeness (QED) is 0.414. The molecule has 6 atom stereocenters. The zero-order valence-corrected chi connectivity index (χ0v) is 27.5. The van der Waals surface area contributed by atoms with Gasteiger partial charge in [-0.3, -0.25) is 14.4 Å². The Kier molecular flexibility index (Phi) is 9.06. The summed E-state index contributed by atoms with van der Waals surface area (Å²) in [4.78, 5) is 74.8. The van der Waals surface area contributed by atoms with Crippen molar-refractivity contribution in [3.8, 4) is 11.5 Å². The van der Waals surface area contributed by atoms with Crippen LogP contribution in [0, 0.1) is 17.8 Å². The number of likely N-dealkylation sites (tertiary alicyclic amines) is 1. The number of ether oxygens (including phenoxy) is 1. The van der Waals surface area contributed by atoms with E-state index in [0.717, 1.165) is 24.8 Å². The van der Waals surface area contributed by atoms with E-state index in [0.29, 0.717) is 18.7 Å². The molecule has 0 spiro atoms. The summed E-state index contributed by atoms with van der Waals surface area (Å²) in [7, 11) is 0. The molecule has 0 unspecified atom stereocenters. The number of aliphatic carboxylic acids is 1. The molecule has 0 bridgehead atoms. The third-order valence-corrected chi connectivity index (χ3v) is 9.71. The van der Waals surface area contributed by atoms with Gasteiger partial charge in [-0.2, -0.15) is 0 Å². The first-order valence-electron chi connectivity index (χ1n) is 16.7. The van der Waals surface area contributed by atoms with Gasteiger partial charge in [0.2, 0.25) is 17.7 Å². The van der Waals surface area contributed by atoms with Crippen LogP contribution in [0.15, 0.2) is 53.2 Å². The normalized spacial score (nSPS) is 29.8. The van der Waals surface area contributed by atoms with E-state index in [9.17, 15) is 29.1 Å². The number of carbonyl (C=O) groups excluding carboxylic acids is 4. The third kappa shape index (κ3) is 6.81. The standard InChI is InChI=1S/C35H43N5O8/c1-34(2,3)48-33(46)37-25-15-11-6-4-5-10-14-23-16-35(23,32(44)45)38-28(41)27-24-19-39(17-22(24)18-40(27)31(25)43)30(42)26-20-47-29(36-26)21-12-8-7-9-13-21/h7-10,12-14,20,22-25,27H,4-6,11,15-19H2,1-3H3,(H,37,46)(H,38,41)(H,44,45)/b14-10-/t22-,23-,24-,25+,27-,35+/m0/s1. The number of allylic oxidation sites excluding steroid dienone is 1. The second-order valence-electron chi connectivity index (χ2n) is 14.3. The van der Waals surface area contributed by atoms with Crippen molar-refractivity contribution in [1.82, 2.24) is 25.4 Å². The third-order valence-electron chi connectivity index (χ3n) is 9.71. The van der Waals surface area contributed by atoms with E-state index in [2.05, 4.69) is 15.6 Å². The first kappa shape index (κ1) is 33.2. The highest BCUT2D eigenvalue weighted by molar-refractivity contribution is 5.97. The van der Waals surface area contributed by atoms with Crippen LogP contribution < -0.4 is 10.6 Å². The molecule has 1 saturated carbocycles. The van der Waals surface area contributed by atoms with Crippen LogP contribution in [0.4, 0.5) is 4.79 Å². The van der Waals surface area contributed by atoms with Crippen LogP contribution in [-0.4, -0.2) is 92.5 Å². The van der Waals surface area contributed by atoms with Crippen LogP contribution in [0.25, 0.3) is 11.5 Å². The number of amides is 4. The lowest BCUT2D eigenvalue weighted by Crippen LogP contribution is -2.58. The Hall–Kier alpha value is -4.68. The highest BCUT2D eigenvalue weighted by Crippen LogP contribution is 2.46. The number of carboxylic acids is 1. The van der Waals surface area contributed by atoms with Crippen LogP contribution >= 0.6 is 0 Å². The molecule has 48 heavy (non-hydrogen) atoms. The van der Waals surface area contributed by atoms with Gasteiger partial charge in [-0.1, -0.05) is 43.2 Å². The molecule has 1 aliphatic carbocycles. The summed E-state index contributed by atoms with van der Waals surface area (Å²) < 4.78 is 11.1. The summed E-state index contributed by atoms with van der Waals surface area (Å²) in [6.07, 6.45) is 8.03. The summed E-state index contributed by atoms with van der Waals surface area (Å²) in [6.45, 7) is 5.79. The number of aromatic nitrogens is 1. The molecular weight excluding hydrogens is 618 g/mol. The van der Waals surface area contributed by atoms with Crippen LogP contribution in [0.5, 0.6) is 0 Å². The highest BCUT2D eigenvalue weighted by atomic mass is 16.6. The molecule has 3 aliphatic heterocycles. The Morgan fingerprint density at radius 2 is 1.85 bits per heavy atom. The number of hydrogen-bond acceptors (Lipinski definition) is 8. The van der Waals surface area contributed by atoms with Crippen LogP contribution in [0.3, 0.4) is 0 Å². The van der Waals surface area contributed by atoms with Crippen molar-refractivity contribution in [2.75, 3.05) is 19.6 Å². The van der Waals surface area contributed by atoms with Gasteiger partial charge in [-0.15, -0.1) is 0 Å². The van der Waals surface area contributed by atoms with E-state index < -0.39 is 53.0 Å². The van der Waals surface area contributed by atoms with Crippen molar-refractivity contribution >= 4 is 29.8 Å². The van der Waals surface area contributed by atoms with Crippen molar-refractivity contribution < 1.29 is 38.2 Å². The number of rotatable bonds is 4. The fourth-order valence-electron chi connectivity index (χ4n) is 7.23. The SMILES string of the molecule is CC(C)(C)OC(=O)N[C@@H]1CCCCC/C=C\[C@H]2C[C@@]2(C(=O)O)NC(=O)[C@@H]2[C@H]3CN(C(=O)c4coc(-c5ccccc5)n4)C[C@H]3CN2C1=O. The number of carbonyl (C=O) groups is 5. The van der Waals surface area contributed by atoms with Gasteiger partial charge in [0, 0.05) is 43.0 Å². The maximum atomic E-state index is 14.3. The molecule has 4 aliphatic rings. The Balaban J connectivity index is 1.26. The molecule has 3 fully saturated rings. The van der Waals surface area contributed by atoms with Crippen LogP contribution in [-0.2, 0) is 19.1 Å². The number of benzene rings is 1. The molecule has 3 N–H and O–H groups in total. The average molecular weight is 662 g/mol. The maximum absolute atomic E-state index is 14.3. The van der Waals surface area contributed by atoms with Crippen molar-refractivity contribution in [2.24, 2.45) is 17.8 Å². The molecule has 256 valence electrons. The zero-order valence-electron chi connectivity index (χ0n) is 27.5. The van der Waals surface area contributed by atoms with Crippen molar-refractivity contribution in [3.63, 3.8) is 0 Å². The van der Waals surface area contributed by atoms with Crippen molar-refractivity contribution in [2.45, 2.75) is 82.5 Å². The number of nitrogens with zero attached hydrogens (tertiary/aromatic N) is 3. The number of hydrogen-bond donors (Lipinski definition) is 3. The Labute approximate surface area is 279 Å². The van der Waals surface area contributed by atoms with Gasteiger partial charge in [0.25, 0.3) is 5.91 Å². The second kappa shape index (κ2) is 13.1. The molecule has 4 heterocycles. The highest BCUT2D eigenvalue weighted by Gasteiger charge is 2.62. The molecule has 2 saturated heterocycles. The predicted molar refractivity (Wildman–Crippen MR) is 172 cm³/mol. The number of carboxylic acid groups (broad SMARTS) is 1. The minimum atomic E-state index is -1.46. The summed E-state index contributed by atoms with van der Waals surface area (Å²) >= 11 is 0. The average Bonchev–Trinajstić information content (AvgIpc) is 3.37. The second-order valence-corrected chi connectivity index (χ2v) is 14.3. The molecule has 4 amide bonds. The molecule has 0 radical (unpaired) electrons. The number of fused-ring (bicyclic) bond motifs is 4. The van der Waals surface area contributed by atoms with E-state index in [1.54, 1.807) is 25.7 Å². The Morgan fingerprint density at radius 1 is 1.08 bits per heavy atom. The number of nitrogens with one attached hydrogen (secondary N) is 2. The molecule has 1 aromatic heterocycles. The molecular formula is C35H43N5O8. The first-order chi connectivity index (χ1) is 22.9. The molecule has 13 heteroatoms. The fourth-order valence-corrected chi connectivity index (χ4v) is 7.23. The topological polar surface area (TPSA) is 171 Å². The van der Waals surface area contributed by atoms with E-state index in [1.807, 2.05) is 42.5 Å². The Bertz CT molecular complexity index is 1600. The van der Waals surface area contributed by atoms with Crippen molar-refractivity contribution in [1.29, 1.82) is 0 Å². The number of alkyl carbamates (subject to hydrolysis) is 1. The molecule has 6 rings (SSSR count). The van der Waals surface area contributed by atoms with Crippen molar-refractivity contribution in [3.05, 3.63) is 54.4 Å². The molecule has 1 aromatic carbocycles. The Morgan fingerprint density at radius 3 is 2.58 bits per heavy atom. The van der Waals surface area contributed by atoms with E-state index in [4.69, 9.17) is 9.15 Å². The summed E-state index contributed by atoms with van der Waals surface area (Å²) in [6, 6.07) is 7.22. The summed E-state index contributed by atoms with van der Waals surface area (Å²) in [5, 5.41) is 15.7. The number of oxazole rings is 1. The predicted octanol–water partition coefficient (Wildman–Crippen LogP) is 3.61. The maximum Gasteiger partial charge on any atom is 0.408 e. The van der Waals surface area contributed by atoms with Gasteiger partial charge < -0.3 is 34.7 Å². The minimum absolute atomic E-state index is 0.132. The van der Waals surface area contributed by atoms with Crippen LogP contribution in [0.2, 0.25) is 0 Å². The molecule has 2 aromatic rings. The van der Waals surface area contributed by atoms with E-state index >= 15 is 0 Å². The van der Waals surface area contributed by atoms with Gasteiger partial charge in [0.15, 0.2) is 5.69 Å². The summed E-state index contributed by atoms with van der Waals surface area (Å²) in [5.41, 5.74) is -1.38. The van der Waals surface area contributed by atoms with E-state index in [1.165, 1.54) is 11.2 Å². The smallest absolute Gasteiger partial charge is 0.408 e. The lowest BCUT2D eigenvalue weighted by molar-refractivity contribution is -0.146. The first-order valence-corrected chi connectivity index (χ1v) is 16.7. The monoisotopic (exact) mass is 661 g/mol. The zero-order chi connectivity index (χ0) is 34.2. The van der Waals surface area contributed by atoms with Gasteiger partial charge >= 0.3 is 12.1 Å². The largest absolute Gasteiger partial charge is 0.479 e. The van der Waals surface area contributed by atoms with Crippen LogP contribution in [0.1, 0.15) is 69.8 Å². The lowest BCUT2D eigenvalue weighted by Gasteiger charge is -2.32. The molecule has 13 nitrogen and oxygen atoms in total. The van der Waals surface area contributed by atoms with E-state index in [-0.39, 0.29) is 49.5 Å². The van der Waals surface area contributed by atoms with Gasteiger partial charge in [-0.25, -0.2) is 14.6 Å². The fraction of sp³-hybridized carbons (Fsp3) is 0.543. The lowest BCUT2D eigenvalue weighted by atomic mass is 9.93. The van der Waals surface area contributed by atoms with Gasteiger partial charge in [0.1, 0.15) is 29.5 Å². The summed E-state index contributed by atoms with van der Waals surface area (Å²) in [5.74, 6) is -3.27. The minimum Gasteiger partial charge on any atom is -0.479 e. The van der Waals surface area contributed by atoms with Gasteiger partial charge in [-0.05, 0) is 58.6 Å².